The average molecular weight is 315 g/mol. The maximum atomic E-state index is 12.2. The fourth-order valence-electron chi connectivity index (χ4n) is 2.58. The quantitative estimate of drug-likeness (QED) is 0.875. The SMILES string of the molecule is O=C(O)CC1CN(C(=O)/C=C/c2cc3ccccc3o2)CCO1. The van der Waals surface area contributed by atoms with E-state index in [4.69, 9.17) is 14.3 Å². The smallest absolute Gasteiger partial charge is 0.306 e. The number of amides is 1. The van der Waals surface area contributed by atoms with E-state index in [1.165, 1.54) is 6.08 Å². The predicted molar refractivity (Wildman–Crippen MR) is 83.8 cm³/mol. The molecule has 1 aromatic heterocycles. The zero-order valence-corrected chi connectivity index (χ0v) is 12.5. The van der Waals surface area contributed by atoms with Crippen LogP contribution in [0.2, 0.25) is 0 Å². The van der Waals surface area contributed by atoms with Crippen LogP contribution in [0.4, 0.5) is 0 Å². The number of carboxylic acids is 1. The Morgan fingerprint density at radius 2 is 2.17 bits per heavy atom. The van der Waals surface area contributed by atoms with Gasteiger partial charge >= 0.3 is 5.97 Å². The highest BCUT2D eigenvalue weighted by Crippen LogP contribution is 2.20. The minimum atomic E-state index is -0.929. The van der Waals surface area contributed by atoms with Crippen LogP contribution in [0, 0.1) is 0 Å². The van der Waals surface area contributed by atoms with Gasteiger partial charge in [0.05, 0.1) is 19.1 Å². The summed E-state index contributed by atoms with van der Waals surface area (Å²) >= 11 is 0. The molecule has 1 amide bonds. The van der Waals surface area contributed by atoms with Gasteiger partial charge in [-0.1, -0.05) is 18.2 Å². The molecule has 0 bridgehead atoms. The van der Waals surface area contributed by atoms with E-state index >= 15 is 0 Å². The molecule has 0 radical (unpaired) electrons. The minimum Gasteiger partial charge on any atom is -0.481 e. The molecule has 1 aliphatic heterocycles. The van der Waals surface area contributed by atoms with E-state index in [1.54, 1.807) is 11.0 Å². The molecule has 6 heteroatoms. The van der Waals surface area contributed by atoms with Crippen LogP contribution in [0.3, 0.4) is 0 Å². The number of ether oxygens (including phenoxy) is 1. The number of carbonyl (C=O) groups is 2. The maximum absolute atomic E-state index is 12.2. The van der Waals surface area contributed by atoms with Gasteiger partial charge in [-0.3, -0.25) is 9.59 Å². The fourth-order valence-corrected chi connectivity index (χ4v) is 2.58. The van der Waals surface area contributed by atoms with Crippen molar-refractivity contribution in [2.24, 2.45) is 0 Å². The third-order valence-corrected chi connectivity index (χ3v) is 3.69. The number of hydrogen-bond acceptors (Lipinski definition) is 4. The second-order valence-electron chi connectivity index (χ2n) is 5.39. The molecule has 1 aromatic carbocycles. The van der Waals surface area contributed by atoms with E-state index in [0.717, 1.165) is 11.0 Å². The number of fused-ring (bicyclic) bond motifs is 1. The number of benzene rings is 1. The molecular weight excluding hydrogens is 298 g/mol. The van der Waals surface area contributed by atoms with Crippen molar-refractivity contribution >= 4 is 28.9 Å². The van der Waals surface area contributed by atoms with E-state index in [1.807, 2.05) is 30.3 Å². The number of rotatable bonds is 4. The molecule has 0 saturated carbocycles. The highest BCUT2D eigenvalue weighted by atomic mass is 16.5. The van der Waals surface area contributed by atoms with Crippen LogP contribution in [0.15, 0.2) is 40.8 Å². The molecule has 1 unspecified atom stereocenters. The van der Waals surface area contributed by atoms with Gasteiger partial charge in [-0.2, -0.15) is 0 Å². The first-order chi connectivity index (χ1) is 11.1. The molecule has 1 aliphatic rings. The topological polar surface area (TPSA) is 80.0 Å². The molecule has 1 atom stereocenters. The summed E-state index contributed by atoms with van der Waals surface area (Å²) in [6.45, 7) is 1.09. The van der Waals surface area contributed by atoms with Crippen LogP contribution in [0.5, 0.6) is 0 Å². The number of nitrogens with zero attached hydrogens (tertiary/aromatic N) is 1. The summed E-state index contributed by atoms with van der Waals surface area (Å²) in [5, 5.41) is 9.78. The summed E-state index contributed by atoms with van der Waals surface area (Å²) in [6.07, 6.45) is 2.52. The summed E-state index contributed by atoms with van der Waals surface area (Å²) in [5.74, 6) is -0.499. The molecule has 2 heterocycles. The lowest BCUT2D eigenvalue weighted by Gasteiger charge is -2.31. The standard InChI is InChI=1S/C17H17NO5/c19-16(18-7-8-22-14(11-18)10-17(20)21)6-5-13-9-12-3-1-2-4-15(12)23-13/h1-6,9,14H,7-8,10-11H2,(H,20,21)/b6-5+. The minimum absolute atomic E-state index is 0.100. The van der Waals surface area contributed by atoms with Gasteiger partial charge in [0, 0.05) is 24.6 Å². The normalized spacial score (nSPS) is 18.6. The largest absolute Gasteiger partial charge is 0.481 e. The van der Waals surface area contributed by atoms with Crippen LogP contribution in [0.25, 0.3) is 17.0 Å². The van der Waals surface area contributed by atoms with Crippen molar-refractivity contribution in [3.8, 4) is 0 Å². The second-order valence-corrected chi connectivity index (χ2v) is 5.39. The Morgan fingerprint density at radius 1 is 1.35 bits per heavy atom. The molecule has 1 saturated heterocycles. The van der Waals surface area contributed by atoms with Crippen molar-refractivity contribution in [3.05, 3.63) is 42.2 Å². The number of furan rings is 1. The molecule has 2 aromatic rings. The van der Waals surface area contributed by atoms with Crippen molar-refractivity contribution in [2.75, 3.05) is 19.7 Å². The van der Waals surface area contributed by atoms with Gasteiger partial charge in [-0.05, 0) is 18.2 Å². The molecule has 120 valence electrons. The Hall–Kier alpha value is -2.60. The highest BCUT2D eigenvalue weighted by Gasteiger charge is 2.24. The molecule has 1 fully saturated rings. The third-order valence-electron chi connectivity index (χ3n) is 3.69. The summed E-state index contributed by atoms with van der Waals surface area (Å²) in [7, 11) is 0. The first-order valence-corrected chi connectivity index (χ1v) is 7.41. The molecule has 1 N–H and O–H groups in total. The van der Waals surface area contributed by atoms with Gasteiger partial charge in [0.1, 0.15) is 11.3 Å². The van der Waals surface area contributed by atoms with Gasteiger partial charge in [0.2, 0.25) is 5.91 Å². The van der Waals surface area contributed by atoms with Crippen molar-refractivity contribution < 1.29 is 23.8 Å². The Morgan fingerprint density at radius 3 is 2.96 bits per heavy atom. The Labute approximate surface area is 132 Å². The Kier molecular flexibility index (Phi) is 4.43. The predicted octanol–water partition coefficient (Wildman–Crippen LogP) is 2.15. The molecule has 0 spiro atoms. The lowest BCUT2D eigenvalue weighted by atomic mass is 10.2. The summed E-state index contributed by atoms with van der Waals surface area (Å²) in [6, 6.07) is 9.49. The first kappa shape index (κ1) is 15.3. The van der Waals surface area contributed by atoms with E-state index in [-0.39, 0.29) is 18.9 Å². The first-order valence-electron chi connectivity index (χ1n) is 7.41. The highest BCUT2D eigenvalue weighted by molar-refractivity contribution is 5.92. The maximum Gasteiger partial charge on any atom is 0.306 e. The van der Waals surface area contributed by atoms with Crippen LogP contribution in [-0.4, -0.2) is 47.7 Å². The lowest BCUT2D eigenvalue weighted by molar-refractivity contribution is -0.145. The van der Waals surface area contributed by atoms with Crippen molar-refractivity contribution in [3.63, 3.8) is 0 Å². The van der Waals surface area contributed by atoms with Crippen LogP contribution < -0.4 is 0 Å². The third kappa shape index (κ3) is 3.78. The molecule has 6 nitrogen and oxygen atoms in total. The van der Waals surface area contributed by atoms with Gasteiger partial charge in [-0.15, -0.1) is 0 Å². The van der Waals surface area contributed by atoms with E-state index < -0.39 is 12.1 Å². The number of carbonyl (C=O) groups excluding carboxylic acids is 1. The zero-order valence-electron chi connectivity index (χ0n) is 12.5. The van der Waals surface area contributed by atoms with Crippen LogP contribution in [0.1, 0.15) is 12.2 Å². The fraction of sp³-hybridized carbons (Fsp3) is 0.294. The number of para-hydroxylation sites is 1. The number of aliphatic carboxylic acids is 1. The van der Waals surface area contributed by atoms with Crippen LogP contribution >= 0.6 is 0 Å². The molecule has 0 aliphatic carbocycles. The number of carboxylic acid groups (broad SMARTS) is 1. The van der Waals surface area contributed by atoms with Gasteiger partial charge in [0.25, 0.3) is 0 Å². The Bertz CT molecular complexity index is 715. The average Bonchev–Trinajstić information content (AvgIpc) is 2.95. The second kappa shape index (κ2) is 6.66. The van der Waals surface area contributed by atoms with E-state index in [2.05, 4.69) is 0 Å². The van der Waals surface area contributed by atoms with E-state index in [0.29, 0.717) is 18.9 Å². The number of hydrogen-bond donors (Lipinski definition) is 1. The molecule has 3 rings (SSSR count). The van der Waals surface area contributed by atoms with E-state index in [9.17, 15) is 9.59 Å². The van der Waals surface area contributed by atoms with Gasteiger partial charge < -0.3 is 19.2 Å². The van der Waals surface area contributed by atoms with Gasteiger partial charge in [-0.25, -0.2) is 0 Å². The van der Waals surface area contributed by atoms with Crippen LogP contribution in [-0.2, 0) is 14.3 Å². The monoisotopic (exact) mass is 315 g/mol. The van der Waals surface area contributed by atoms with Crippen molar-refractivity contribution in [1.29, 1.82) is 0 Å². The lowest BCUT2D eigenvalue weighted by Crippen LogP contribution is -2.45. The Balaban J connectivity index is 1.64. The number of morpholine rings is 1. The van der Waals surface area contributed by atoms with Crippen molar-refractivity contribution in [1.82, 2.24) is 4.90 Å². The van der Waals surface area contributed by atoms with Gasteiger partial charge in [0.15, 0.2) is 0 Å². The summed E-state index contributed by atoms with van der Waals surface area (Å²) in [4.78, 5) is 24.5. The molecular formula is C17H17NO5. The summed E-state index contributed by atoms with van der Waals surface area (Å²) in [5.41, 5.74) is 0.771. The zero-order chi connectivity index (χ0) is 16.2. The molecule has 23 heavy (non-hydrogen) atoms. The van der Waals surface area contributed by atoms with Crippen molar-refractivity contribution in [2.45, 2.75) is 12.5 Å². The summed E-state index contributed by atoms with van der Waals surface area (Å²) < 4.78 is 11.0.